The molecule has 0 radical (unpaired) electrons. The molecule has 6 N–H and O–H groups in total. The topological polar surface area (TPSA) is 115 Å². The summed E-state index contributed by atoms with van der Waals surface area (Å²) in [5.74, 6) is -0.519. The van der Waals surface area contributed by atoms with Crippen LogP contribution in [0.1, 0.15) is 52.6 Å². The highest BCUT2D eigenvalue weighted by Crippen LogP contribution is 2.39. The van der Waals surface area contributed by atoms with Crippen LogP contribution in [0.5, 0.6) is 0 Å². The van der Waals surface area contributed by atoms with E-state index in [0.717, 1.165) is 32.4 Å². The Balaban J connectivity index is 2.36. The van der Waals surface area contributed by atoms with Crippen molar-refractivity contribution in [1.29, 1.82) is 0 Å². The number of thiophene rings is 1. The summed E-state index contributed by atoms with van der Waals surface area (Å²) >= 11 is 1.17. The SMILES string of the molecule is CCC1CCCN(c2sc(C(N)=O)c(N)c2C(N)=O)CC1. The van der Waals surface area contributed by atoms with Crippen LogP contribution in [0.3, 0.4) is 0 Å². The molecular formula is C14H22N4O2S. The van der Waals surface area contributed by atoms with E-state index in [2.05, 4.69) is 11.8 Å². The maximum Gasteiger partial charge on any atom is 0.260 e. The fraction of sp³-hybridized carbons (Fsp3) is 0.571. The Kier molecular flexibility index (Phi) is 4.72. The zero-order valence-electron chi connectivity index (χ0n) is 12.2. The highest BCUT2D eigenvalue weighted by molar-refractivity contribution is 7.19. The number of anilines is 2. The van der Waals surface area contributed by atoms with Gasteiger partial charge in [0.05, 0.1) is 11.3 Å². The van der Waals surface area contributed by atoms with Gasteiger partial charge in [0, 0.05) is 13.1 Å². The summed E-state index contributed by atoms with van der Waals surface area (Å²) in [7, 11) is 0. The lowest BCUT2D eigenvalue weighted by Gasteiger charge is -2.22. The maximum atomic E-state index is 11.7. The lowest BCUT2D eigenvalue weighted by molar-refractivity contribution is 0.0999. The Morgan fingerprint density at radius 1 is 1.24 bits per heavy atom. The van der Waals surface area contributed by atoms with Gasteiger partial charge in [-0.05, 0) is 25.2 Å². The number of primary amides is 2. The Morgan fingerprint density at radius 3 is 2.52 bits per heavy atom. The van der Waals surface area contributed by atoms with Gasteiger partial charge in [-0.3, -0.25) is 9.59 Å². The van der Waals surface area contributed by atoms with Gasteiger partial charge in [0.1, 0.15) is 9.88 Å². The summed E-state index contributed by atoms with van der Waals surface area (Å²) in [5.41, 5.74) is 17.0. The van der Waals surface area contributed by atoms with Crippen LogP contribution in [-0.4, -0.2) is 24.9 Å². The monoisotopic (exact) mass is 310 g/mol. The Morgan fingerprint density at radius 2 is 1.95 bits per heavy atom. The molecule has 1 unspecified atom stereocenters. The zero-order valence-corrected chi connectivity index (χ0v) is 13.0. The minimum atomic E-state index is -0.618. The summed E-state index contributed by atoms with van der Waals surface area (Å²) in [6.07, 6.45) is 4.47. The Labute approximate surface area is 128 Å². The highest BCUT2D eigenvalue weighted by atomic mass is 32.1. The van der Waals surface area contributed by atoms with Crippen molar-refractivity contribution in [2.45, 2.75) is 32.6 Å². The second-order valence-electron chi connectivity index (χ2n) is 5.45. The van der Waals surface area contributed by atoms with Gasteiger partial charge in [0.2, 0.25) is 0 Å². The van der Waals surface area contributed by atoms with Gasteiger partial charge in [-0.2, -0.15) is 0 Å². The lowest BCUT2D eigenvalue weighted by atomic mass is 9.98. The third-order valence-corrected chi connectivity index (χ3v) is 5.39. The van der Waals surface area contributed by atoms with Crippen molar-refractivity contribution in [2.24, 2.45) is 17.4 Å². The number of carbonyl (C=O) groups excluding carboxylic acids is 2. The lowest BCUT2D eigenvalue weighted by Crippen LogP contribution is -2.26. The normalized spacial score (nSPS) is 19.3. The van der Waals surface area contributed by atoms with E-state index in [0.29, 0.717) is 10.9 Å². The summed E-state index contributed by atoms with van der Waals surface area (Å²) in [5, 5.41) is 0.686. The molecule has 6 nitrogen and oxygen atoms in total. The van der Waals surface area contributed by atoms with Crippen LogP contribution in [0.2, 0.25) is 0 Å². The highest BCUT2D eigenvalue weighted by Gasteiger charge is 2.27. The van der Waals surface area contributed by atoms with Crippen LogP contribution in [-0.2, 0) is 0 Å². The molecule has 1 aromatic rings. The molecule has 7 heteroatoms. The minimum Gasteiger partial charge on any atom is -0.397 e. The fourth-order valence-corrected chi connectivity index (χ4v) is 3.98. The molecule has 2 rings (SSSR count). The summed E-state index contributed by atoms with van der Waals surface area (Å²) in [6.45, 7) is 3.88. The van der Waals surface area contributed by atoms with Crippen LogP contribution >= 0.6 is 11.3 Å². The van der Waals surface area contributed by atoms with Crippen molar-refractivity contribution in [3.8, 4) is 0 Å². The van der Waals surface area contributed by atoms with E-state index < -0.39 is 11.8 Å². The van der Waals surface area contributed by atoms with Crippen molar-refractivity contribution in [1.82, 2.24) is 0 Å². The number of nitrogens with zero attached hydrogens (tertiary/aromatic N) is 1. The molecule has 0 saturated carbocycles. The molecule has 21 heavy (non-hydrogen) atoms. The molecule has 116 valence electrons. The van der Waals surface area contributed by atoms with Crippen LogP contribution in [0.4, 0.5) is 10.7 Å². The average Bonchev–Trinajstić information content (AvgIpc) is 2.62. The van der Waals surface area contributed by atoms with E-state index in [-0.39, 0.29) is 16.1 Å². The standard InChI is InChI=1S/C14H22N4O2S/c1-2-8-4-3-6-18(7-5-8)14-9(12(16)19)10(15)11(21-14)13(17)20/h8H,2-7,15H2,1H3,(H2,16,19)(H2,17,20). The summed E-state index contributed by atoms with van der Waals surface area (Å²) < 4.78 is 0. The number of carbonyl (C=O) groups is 2. The van der Waals surface area contributed by atoms with Gasteiger partial charge < -0.3 is 22.1 Å². The second kappa shape index (κ2) is 6.34. The van der Waals surface area contributed by atoms with Gasteiger partial charge in [-0.1, -0.05) is 13.3 Å². The van der Waals surface area contributed by atoms with Crippen molar-refractivity contribution < 1.29 is 9.59 Å². The van der Waals surface area contributed by atoms with Crippen molar-refractivity contribution in [2.75, 3.05) is 23.7 Å². The number of hydrogen-bond donors (Lipinski definition) is 3. The Bertz CT molecular complexity index is 555. The molecule has 0 aliphatic carbocycles. The van der Waals surface area contributed by atoms with Crippen molar-refractivity contribution >= 4 is 33.8 Å². The predicted molar refractivity (Wildman–Crippen MR) is 85.6 cm³/mol. The van der Waals surface area contributed by atoms with E-state index in [1.165, 1.54) is 17.8 Å². The van der Waals surface area contributed by atoms with Crippen molar-refractivity contribution in [3.05, 3.63) is 10.4 Å². The molecule has 0 aromatic carbocycles. The van der Waals surface area contributed by atoms with E-state index in [1.54, 1.807) is 0 Å². The van der Waals surface area contributed by atoms with E-state index >= 15 is 0 Å². The van der Waals surface area contributed by atoms with Gasteiger partial charge in [0.25, 0.3) is 11.8 Å². The molecule has 0 spiro atoms. The molecule has 1 aromatic heterocycles. The molecular weight excluding hydrogens is 288 g/mol. The number of amides is 2. The molecule has 1 aliphatic rings. The summed E-state index contributed by atoms with van der Waals surface area (Å²) in [6, 6.07) is 0. The minimum absolute atomic E-state index is 0.117. The number of hydrogen-bond acceptors (Lipinski definition) is 5. The fourth-order valence-electron chi connectivity index (χ4n) is 2.85. The number of rotatable bonds is 4. The van der Waals surface area contributed by atoms with Gasteiger partial charge in [-0.15, -0.1) is 11.3 Å². The first-order chi connectivity index (χ1) is 9.95. The first-order valence-corrected chi connectivity index (χ1v) is 8.04. The van der Waals surface area contributed by atoms with Crippen LogP contribution < -0.4 is 22.1 Å². The van der Waals surface area contributed by atoms with Crippen molar-refractivity contribution in [3.63, 3.8) is 0 Å². The quantitative estimate of drug-likeness (QED) is 0.782. The molecule has 2 amide bonds. The van der Waals surface area contributed by atoms with Crippen LogP contribution in [0.25, 0.3) is 0 Å². The molecule has 1 aliphatic heterocycles. The third kappa shape index (κ3) is 3.12. The second-order valence-corrected chi connectivity index (χ2v) is 6.44. The maximum absolute atomic E-state index is 11.7. The van der Waals surface area contributed by atoms with Gasteiger partial charge in [0.15, 0.2) is 0 Å². The Hall–Kier alpha value is -1.76. The van der Waals surface area contributed by atoms with Gasteiger partial charge >= 0.3 is 0 Å². The van der Waals surface area contributed by atoms with Crippen LogP contribution in [0, 0.1) is 5.92 Å². The largest absolute Gasteiger partial charge is 0.397 e. The molecule has 1 saturated heterocycles. The zero-order chi connectivity index (χ0) is 15.6. The molecule has 1 atom stereocenters. The first-order valence-electron chi connectivity index (χ1n) is 7.22. The number of nitrogens with two attached hydrogens (primary N) is 3. The first kappa shape index (κ1) is 15.6. The molecule has 0 bridgehead atoms. The smallest absolute Gasteiger partial charge is 0.260 e. The van der Waals surface area contributed by atoms with E-state index in [9.17, 15) is 9.59 Å². The predicted octanol–water partition coefficient (Wildman–Crippen LogP) is 1.54. The third-order valence-electron chi connectivity index (χ3n) is 4.11. The average molecular weight is 310 g/mol. The van der Waals surface area contributed by atoms with Crippen LogP contribution in [0.15, 0.2) is 0 Å². The van der Waals surface area contributed by atoms with E-state index in [4.69, 9.17) is 17.2 Å². The molecule has 1 fully saturated rings. The number of nitrogen functional groups attached to an aromatic ring is 1. The summed E-state index contributed by atoms with van der Waals surface area (Å²) in [4.78, 5) is 25.5. The molecule has 2 heterocycles. The van der Waals surface area contributed by atoms with E-state index in [1.807, 2.05) is 0 Å². The van der Waals surface area contributed by atoms with Gasteiger partial charge in [-0.25, -0.2) is 0 Å².